The van der Waals surface area contributed by atoms with E-state index in [2.05, 4.69) is 6.92 Å². The number of rotatable bonds is 17. The van der Waals surface area contributed by atoms with Gasteiger partial charge in [0.15, 0.2) is 11.9 Å². The number of aliphatic hydroxyl groups is 2. The van der Waals surface area contributed by atoms with Crippen molar-refractivity contribution in [3.8, 4) is 0 Å². The van der Waals surface area contributed by atoms with Crippen LogP contribution in [0.3, 0.4) is 0 Å². The molecule has 0 amide bonds. The highest BCUT2D eigenvalue weighted by Gasteiger charge is 2.36. The van der Waals surface area contributed by atoms with Crippen molar-refractivity contribution in [3.05, 3.63) is 11.3 Å². The first-order valence-electron chi connectivity index (χ1n) is 13.5. The third-order valence-corrected chi connectivity index (χ3v) is 6.90. The molecule has 1 saturated carbocycles. The fourth-order valence-corrected chi connectivity index (χ4v) is 4.89. The number of ether oxygens (including phenoxy) is 1. The Morgan fingerprint density at radius 1 is 0.875 bits per heavy atom. The van der Waals surface area contributed by atoms with Crippen LogP contribution in [-0.2, 0) is 9.53 Å². The lowest BCUT2D eigenvalue weighted by atomic mass is 9.94. The third kappa shape index (κ3) is 9.64. The van der Waals surface area contributed by atoms with E-state index in [-0.39, 0.29) is 17.4 Å². The molecule has 1 aliphatic heterocycles. The summed E-state index contributed by atoms with van der Waals surface area (Å²) in [5.74, 6) is -0.674. The van der Waals surface area contributed by atoms with Crippen LogP contribution in [0.2, 0.25) is 0 Å². The molecule has 0 aromatic rings. The molecule has 1 unspecified atom stereocenters. The summed E-state index contributed by atoms with van der Waals surface area (Å²) in [4.78, 5) is 17.2. The van der Waals surface area contributed by atoms with Crippen molar-refractivity contribution in [2.75, 3.05) is 6.61 Å². The van der Waals surface area contributed by atoms with Crippen molar-refractivity contribution in [2.24, 2.45) is 4.99 Å². The van der Waals surface area contributed by atoms with E-state index in [0.29, 0.717) is 12.1 Å². The van der Waals surface area contributed by atoms with Crippen LogP contribution in [0.25, 0.3) is 0 Å². The van der Waals surface area contributed by atoms with E-state index in [4.69, 9.17) is 9.73 Å². The Hall–Kier alpha value is -1.36. The predicted molar refractivity (Wildman–Crippen MR) is 131 cm³/mol. The number of aliphatic imine (C=N–C) groups is 1. The van der Waals surface area contributed by atoms with E-state index < -0.39 is 18.7 Å². The number of esters is 1. The number of hydrogen-bond donors (Lipinski definition) is 2. The first-order chi connectivity index (χ1) is 15.7. The van der Waals surface area contributed by atoms with Crippen molar-refractivity contribution in [1.82, 2.24) is 0 Å². The molecule has 2 N–H and O–H groups in total. The maximum atomic E-state index is 12.3. The lowest BCUT2D eigenvalue weighted by Crippen LogP contribution is -2.17. The van der Waals surface area contributed by atoms with Gasteiger partial charge in [0, 0.05) is 0 Å². The number of cyclic esters (lactones) is 1. The van der Waals surface area contributed by atoms with Crippen LogP contribution in [0, 0.1) is 0 Å². The predicted octanol–water partition coefficient (Wildman–Crippen LogP) is 6.97. The smallest absolute Gasteiger partial charge is 0.344 e. The van der Waals surface area contributed by atoms with Crippen molar-refractivity contribution < 1.29 is 19.7 Å². The van der Waals surface area contributed by atoms with Gasteiger partial charge in [-0.05, 0) is 25.7 Å². The highest BCUT2D eigenvalue weighted by Crippen LogP contribution is 2.27. The summed E-state index contributed by atoms with van der Waals surface area (Å²) >= 11 is 0. The molecule has 1 heterocycles. The number of aliphatic hydroxyl groups excluding tert-OH is 2. The zero-order chi connectivity index (χ0) is 23.0. The monoisotopic (exact) mass is 449 g/mol. The highest BCUT2D eigenvalue weighted by molar-refractivity contribution is 6.21. The molecule has 2 aliphatic rings. The van der Waals surface area contributed by atoms with Gasteiger partial charge in [0.2, 0.25) is 0 Å². The van der Waals surface area contributed by atoms with E-state index in [1.54, 1.807) is 0 Å². The van der Waals surface area contributed by atoms with Crippen LogP contribution in [-0.4, -0.2) is 40.6 Å². The molecule has 0 aromatic heterocycles. The lowest BCUT2D eigenvalue weighted by Gasteiger charge is -2.19. The van der Waals surface area contributed by atoms with E-state index in [1.165, 1.54) is 89.9 Å². The molecule has 0 spiro atoms. The lowest BCUT2D eigenvalue weighted by molar-refractivity contribution is -0.141. The SMILES string of the molecule is CCCCCCCCCCCCCCCC(=NC1CCCCC1)C1=C(O)C(CO)OC1=O. The molecule has 184 valence electrons. The summed E-state index contributed by atoms with van der Waals surface area (Å²) in [6, 6.07) is 0.238. The minimum Gasteiger partial charge on any atom is -0.507 e. The number of unbranched alkanes of at least 4 members (excludes halogenated alkanes) is 12. The van der Waals surface area contributed by atoms with E-state index in [0.717, 1.165) is 25.7 Å². The molecule has 0 saturated heterocycles. The number of hydrogen-bond acceptors (Lipinski definition) is 5. The highest BCUT2D eigenvalue weighted by atomic mass is 16.6. The average Bonchev–Trinajstić information content (AvgIpc) is 3.09. The molecule has 1 atom stereocenters. The second kappa shape index (κ2) is 16.3. The van der Waals surface area contributed by atoms with Gasteiger partial charge < -0.3 is 14.9 Å². The van der Waals surface area contributed by atoms with E-state index in [1.807, 2.05) is 0 Å². The Balaban J connectivity index is 1.69. The Kier molecular flexibility index (Phi) is 13.7. The molecule has 5 heteroatoms. The van der Waals surface area contributed by atoms with Crippen molar-refractivity contribution >= 4 is 11.7 Å². The first kappa shape index (κ1) is 26.9. The quantitative estimate of drug-likeness (QED) is 0.143. The Morgan fingerprint density at radius 2 is 1.41 bits per heavy atom. The number of carbonyl (C=O) groups is 1. The van der Waals surface area contributed by atoms with E-state index >= 15 is 0 Å². The van der Waals surface area contributed by atoms with E-state index in [9.17, 15) is 15.0 Å². The van der Waals surface area contributed by atoms with Crippen LogP contribution in [0.5, 0.6) is 0 Å². The molecule has 5 nitrogen and oxygen atoms in total. The fourth-order valence-electron chi connectivity index (χ4n) is 4.89. The van der Waals surface area contributed by atoms with Gasteiger partial charge in [-0.2, -0.15) is 0 Å². The standard InChI is InChI=1S/C27H47NO4/c1-2-3-4-5-6-7-8-9-10-11-12-13-17-20-23(28-22-18-15-14-16-19-22)25-26(30)24(21-29)32-27(25)31/h22,24,29-30H,2-21H2,1H3. The molecular weight excluding hydrogens is 402 g/mol. The topological polar surface area (TPSA) is 79.1 Å². The van der Waals surface area contributed by atoms with Crippen LogP contribution in [0.4, 0.5) is 0 Å². The molecule has 32 heavy (non-hydrogen) atoms. The van der Waals surface area contributed by atoms with Crippen LogP contribution in [0.1, 0.15) is 129 Å². The van der Waals surface area contributed by atoms with Gasteiger partial charge in [-0.1, -0.05) is 103 Å². The van der Waals surface area contributed by atoms with Gasteiger partial charge in [0.1, 0.15) is 5.57 Å². The van der Waals surface area contributed by atoms with Crippen LogP contribution in [0.15, 0.2) is 16.3 Å². The normalized spacial score (nSPS) is 20.2. The number of nitrogens with zero attached hydrogens (tertiary/aromatic N) is 1. The summed E-state index contributed by atoms with van der Waals surface area (Å²) in [6.07, 6.45) is 22.3. The van der Waals surface area contributed by atoms with Gasteiger partial charge in [-0.3, -0.25) is 4.99 Å². The summed E-state index contributed by atoms with van der Waals surface area (Å²) in [5.41, 5.74) is 0.909. The largest absolute Gasteiger partial charge is 0.507 e. The Labute approximate surface area is 195 Å². The van der Waals surface area contributed by atoms with Crippen LogP contribution < -0.4 is 0 Å². The third-order valence-electron chi connectivity index (χ3n) is 6.90. The molecule has 2 rings (SSSR count). The van der Waals surface area contributed by atoms with Crippen molar-refractivity contribution in [3.63, 3.8) is 0 Å². The van der Waals surface area contributed by atoms with Gasteiger partial charge in [0.05, 0.1) is 18.4 Å². The minimum absolute atomic E-state index is 0.137. The second-order valence-corrected chi connectivity index (χ2v) is 9.70. The first-order valence-corrected chi connectivity index (χ1v) is 13.5. The van der Waals surface area contributed by atoms with Crippen LogP contribution >= 0.6 is 0 Å². The van der Waals surface area contributed by atoms with Gasteiger partial charge in [-0.15, -0.1) is 0 Å². The van der Waals surface area contributed by atoms with Gasteiger partial charge >= 0.3 is 5.97 Å². The minimum atomic E-state index is -0.930. The second-order valence-electron chi connectivity index (χ2n) is 9.70. The van der Waals surface area contributed by atoms with Crippen molar-refractivity contribution in [1.29, 1.82) is 0 Å². The summed E-state index contributed by atoms with van der Waals surface area (Å²) < 4.78 is 5.13. The summed E-state index contributed by atoms with van der Waals surface area (Å²) in [5, 5.41) is 19.8. The zero-order valence-electron chi connectivity index (χ0n) is 20.5. The number of carbonyl (C=O) groups excluding carboxylic acids is 1. The Morgan fingerprint density at radius 3 is 1.91 bits per heavy atom. The molecule has 0 radical (unpaired) electrons. The Bertz CT molecular complexity index is 592. The summed E-state index contributed by atoms with van der Waals surface area (Å²) in [7, 11) is 0. The van der Waals surface area contributed by atoms with Gasteiger partial charge in [0.25, 0.3) is 0 Å². The molecular formula is C27H47NO4. The molecule has 0 aromatic carbocycles. The summed E-state index contributed by atoms with van der Waals surface area (Å²) in [6.45, 7) is 1.87. The fraction of sp³-hybridized carbons (Fsp3) is 0.852. The molecule has 1 fully saturated rings. The molecule has 1 aliphatic carbocycles. The zero-order valence-corrected chi connectivity index (χ0v) is 20.5. The van der Waals surface area contributed by atoms with Crippen molar-refractivity contribution in [2.45, 2.75) is 141 Å². The van der Waals surface area contributed by atoms with Gasteiger partial charge in [-0.25, -0.2) is 4.79 Å². The molecule has 0 bridgehead atoms. The maximum Gasteiger partial charge on any atom is 0.344 e. The average molecular weight is 450 g/mol. The maximum absolute atomic E-state index is 12.3.